The molecule has 170 valence electrons. The Morgan fingerprint density at radius 2 is 1.82 bits per heavy atom. The molecule has 2 N–H and O–H groups in total. The van der Waals surface area contributed by atoms with E-state index in [2.05, 4.69) is 15.3 Å². The molecule has 5 nitrogen and oxygen atoms in total. The number of carboxylic acids is 1. The summed E-state index contributed by atoms with van der Waals surface area (Å²) < 4.78 is 38.9. The number of thiophene rings is 1. The van der Waals surface area contributed by atoms with Gasteiger partial charge in [-0.1, -0.05) is 44.2 Å². The first-order valence-corrected chi connectivity index (χ1v) is 11.6. The van der Waals surface area contributed by atoms with Crippen molar-refractivity contribution in [1.82, 2.24) is 9.97 Å². The van der Waals surface area contributed by atoms with Gasteiger partial charge >= 0.3 is 12.1 Å². The fraction of sp³-hybridized carbons (Fsp3) is 0.174. The van der Waals surface area contributed by atoms with Crippen molar-refractivity contribution in [2.24, 2.45) is 0 Å². The first kappa shape index (κ1) is 22.9. The van der Waals surface area contributed by atoms with E-state index in [1.54, 1.807) is 11.3 Å². The Balaban J connectivity index is 1.68. The highest BCUT2D eigenvalue weighted by Crippen LogP contribution is 2.39. The average molecular weight is 490 g/mol. The first-order chi connectivity index (χ1) is 15.6. The lowest BCUT2D eigenvalue weighted by molar-refractivity contribution is -0.137. The van der Waals surface area contributed by atoms with E-state index < -0.39 is 23.3 Å². The van der Waals surface area contributed by atoms with Crippen LogP contribution in [-0.2, 0) is 6.18 Å². The molecule has 0 radical (unpaired) electrons. The molecule has 0 spiro atoms. The van der Waals surface area contributed by atoms with E-state index in [-0.39, 0.29) is 11.7 Å². The van der Waals surface area contributed by atoms with Crippen LogP contribution in [0.5, 0.6) is 0 Å². The number of hydrogen-bond donors (Lipinski definition) is 2. The van der Waals surface area contributed by atoms with Crippen molar-refractivity contribution in [3.63, 3.8) is 0 Å². The van der Waals surface area contributed by atoms with Gasteiger partial charge < -0.3 is 10.4 Å². The minimum absolute atomic E-state index is 0.129. The molecule has 0 aliphatic carbocycles. The zero-order valence-electron chi connectivity index (χ0n) is 17.5. The van der Waals surface area contributed by atoms with Crippen molar-refractivity contribution in [3.8, 4) is 21.7 Å². The molecular formula is C23H18F3N3O2S2. The topological polar surface area (TPSA) is 75.1 Å². The second kappa shape index (κ2) is 8.95. The van der Waals surface area contributed by atoms with Crippen LogP contribution in [-0.4, -0.2) is 21.0 Å². The Kier molecular flexibility index (Phi) is 6.22. The third-order valence-electron chi connectivity index (χ3n) is 4.81. The molecule has 0 saturated carbocycles. The van der Waals surface area contributed by atoms with Gasteiger partial charge in [0.25, 0.3) is 0 Å². The van der Waals surface area contributed by atoms with Gasteiger partial charge in [-0.3, -0.25) is 0 Å². The Labute approximate surface area is 195 Å². The number of benzene rings is 1. The fourth-order valence-corrected chi connectivity index (χ4v) is 4.92. The van der Waals surface area contributed by atoms with Crippen LogP contribution >= 0.6 is 22.7 Å². The zero-order chi connectivity index (χ0) is 23.8. The minimum atomic E-state index is -4.69. The Morgan fingerprint density at radius 1 is 1.12 bits per heavy atom. The van der Waals surface area contributed by atoms with Crippen molar-refractivity contribution >= 4 is 39.6 Å². The van der Waals surface area contributed by atoms with Gasteiger partial charge in [0.15, 0.2) is 5.13 Å². The van der Waals surface area contributed by atoms with Gasteiger partial charge in [0.05, 0.1) is 11.3 Å². The molecule has 1 aromatic carbocycles. The summed E-state index contributed by atoms with van der Waals surface area (Å²) in [5, 5.41) is 14.6. The largest absolute Gasteiger partial charge is 0.478 e. The van der Waals surface area contributed by atoms with Gasteiger partial charge in [-0.05, 0) is 29.0 Å². The minimum Gasteiger partial charge on any atom is -0.478 e. The maximum Gasteiger partial charge on any atom is 0.417 e. The van der Waals surface area contributed by atoms with E-state index in [4.69, 9.17) is 0 Å². The molecule has 10 heteroatoms. The highest BCUT2D eigenvalue weighted by Gasteiger charge is 2.32. The number of rotatable bonds is 6. The Bertz CT molecular complexity index is 1280. The molecule has 0 aliphatic heterocycles. The lowest BCUT2D eigenvalue weighted by Gasteiger charge is -2.10. The second-order valence-corrected chi connectivity index (χ2v) is 9.47. The molecule has 0 saturated heterocycles. The van der Waals surface area contributed by atoms with Crippen molar-refractivity contribution in [2.45, 2.75) is 25.9 Å². The summed E-state index contributed by atoms with van der Waals surface area (Å²) in [6.07, 6.45) is -4.08. The summed E-state index contributed by atoms with van der Waals surface area (Å²) in [6, 6.07) is 12.6. The molecule has 0 aliphatic rings. The van der Waals surface area contributed by atoms with Crippen LogP contribution < -0.4 is 5.32 Å². The number of carbonyl (C=O) groups is 1. The molecule has 0 amide bonds. The quantitative estimate of drug-likeness (QED) is 0.293. The smallest absolute Gasteiger partial charge is 0.417 e. The van der Waals surface area contributed by atoms with Crippen LogP contribution in [0.1, 0.15) is 40.6 Å². The van der Waals surface area contributed by atoms with E-state index in [0.29, 0.717) is 17.4 Å². The molecule has 0 bridgehead atoms. The van der Waals surface area contributed by atoms with Gasteiger partial charge in [-0.25, -0.2) is 14.8 Å². The Hall–Kier alpha value is -3.24. The van der Waals surface area contributed by atoms with E-state index in [1.807, 2.05) is 55.6 Å². The van der Waals surface area contributed by atoms with Crippen LogP contribution in [0.3, 0.4) is 0 Å². The normalized spacial score (nSPS) is 11.7. The zero-order valence-corrected chi connectivity index (χ0v) is 19.1. The standard InChI is InChI=1S/C23H18F3N3O2S2/c1-12(2)19-18(14-7-5-13(6-8-14)17-4-3-9-32-17)28-22(33-19)29-20-16(21(30)31)10-15(11-27-20)23(24,25)26/h3-12H,1-2H3,(H,30,31)(H,27,28,29). The fourth-order valence-electron chi connectivity index (χ4n) is 3.20. The van der Waals surface area contributed by atoms with Crippen molar-refractivity contribution in [1.29, 1.82) is 0 Å². The van der Waals surface area contributed by atoms with Crippen LogP contribution in [0.25, 0.3) is 21.7 Å². The van der Waals surface area contributed by atoms with E-state index in [9.17, 15) is 23.1 Å². The number of halogens is 3. The van der Waals surface area contributed by atoms with Gasteiger partial charge in [-0.15, -0.1) is 22.7 Å². The molecule has 0 fully saturated rings. The number of nitrogens with zero attached hydrogens (tertiary/aromatic N) is 2. The number of carboxylic acid groups (broad SMARTS) is 1. The highest BCUT2D eigenvalue weighted by molar-refractivity contribution is 7.16. The molecular weight excluding hydrogens is 471 g/mol. The SMILES string of the molecule is CC(C)c1sc(Nc2ncc(C(F)(F)F)cc2C(=O)O)nc1-c1ccc(-c2cccs2)cc1. The number of anilines is 2. The summed E-state index contributed by atoms with van der Waals surface area (Å²) >= 11 is 2.96. The predicted octanol–water partition coefficient (Wildman–Crippen LogP) is 7.52. The number of thiazole rings is 1. The molecule has 33 heavy (non-hydrogen) atoms. The number of aromatic carboxylic acids is 1. The monoisotopic (exact) mass is 489 g/mol. The first-order valence-electron chi connectivity index (χ1n) is 9.86. The van der Waals surface area contributed by atoms with Gasteiger partial charge in [0.1, 0.15) is 11.4 Å². The maximum atomic E-state index is 13.0. The Morgan fingerprint density at radius 3 is 2.39 bits per heavy atom. The molecule has 3 aromatic heterocycles. The van der Waals surface area contributed by atoms with Gasteiger partial charge in [0.2, 0.25) is 0 Å². The summed E-state index contributed by atoms with van der Waals surface area (Å²) in [7, 11) is 0. The molecule has 4 aromatic rings. The van der Waals surface area contributed by atoms with Gasteiger partial charge in [-0.2, -0.15) is 13.2 Å². The number of pyridine rings is 1. The summed E-state index contributed by atoms with van der Waals surface area (Å²) in [5.74, 6) is -1.58. The van der Waals surface area contributed by atoms with Crippen LogP contribution in [0.2, 0.25) is 0 Å². The predicted molar refractivity (Wildman–Crippen MR) is 124 cm³/mol. The van der Waals surface area contributed by atoms with Crippen LogP contribution in [0.15, 0.2) is 54.0 Å². The maximum absolute atomic E-state index is 13.0. The lowest BCUT2D eigenvalue weighted by Crippen LogP contribution is -2.11. The second-order valence-electron chi connectivity index (χ2n) is 7.49. The van der Waals surface area contributed by atoms with E-state index in [0.717, 1.165) is 26.6 Å². The molecule has 0 unspecified atom stereocenters. The summed E-state index contributed by atoms with van der Waals surface area (Å²) in [5.41, 5.74) is 1.02. The summed E-state index contributed by atoms with van der Waals surface area (Å²) in [4.78, 5) is 22.0. The number of nitrogens with one attached hydrogen (secondary N) is 1. The molecule has 0 atom stereocenters. The van der Waals surface area contributed by atoms with Crippen molar-refractivity contribution in [3.05, 3.63) is 70.0 Å². The van der Waals surface area contributed by atoms with Crippen molar-refractivity contribution in [2.75, 3.05) is 5.32 Å². The summed E-state index contributed by atoms with van der Waals surface area (Å²) in [6.45, 7) is 4.03. The third kappa shape index (κ3) is 4.91. The number of alkyl halides is 3. The van der Waals surface area contributed by atoms with Gasteiger partial charge in [0, 0.05) is 21.5 Å². The van der Waals surface area contributed by atoms with Crippen molar-refractivity contribution < 1.29 is 23.1 Å². The number of aromatic nitrogens is 2. The molecule has 3 heterocycles. The highest BCUT2D eigenvalue weighted by atomic mass is 32.1. The third-order valence-corrected chi connectivity index (χ3v) is 7.00. The van der Waals surface area contributed by atoms with E-state index >= 15 is 0 Å². The molecule has 4 rings (SSSR count). The lowest BCUT2D eigenvalue weighted by atomic mass is 10.0. The average Bonchev–Trinajstić information content (AvgIpc) is 3.43. The van der Waals surface area contributed by atoms with Crippen LogP contribution in [0, 0.1) is 0 Å². The number of hydrogen-bond acceptors (Lipinski definition) is 6. The van der Waals surface area contributed by atoms with E-state index in [1.165, 1.54) is 11.3 Å². The van der Waals surface area contributed by atoms with Crippen LogP contribution in [0.4, 0.5) is 24.1 Å².